The minimum Gasteiger partial charge on any atom is -0.486 e. The molecular formula is C20H18N2O4. The van der Waals surface area contributed by atoms with Crippen LogP contribution in [0.4, 0.5) is 0 Å². The van der Waals surface area contributed by atoms with Gasteiger partial charge >= 0.3 is 0 Å². The SMILES string of the molecule is Cc1ccccc1C(=O)NCc1cc(-c2ccc3c(c2)OCCO3)on1. The average molecular weight is 350 g/mol. The van der Waals surface area contributed by atoms with E-state index in [4.69, 9.17) is 14.0 Å². The lowest BCUT2D eigenvalue weighted by Gasteiger charge is -2.18. The molecule has 4 rings (SSSR count). The number of hydrogen-bond acceptors (Lipinski definition) is 5. The van der Waals surface area contributed by atoms with Crippen molar-refractivity contribution in [2.75, 3.05) is 13.2 Å². The number of aromatic nitrogens is 1. The van der Waals surface area contributed by atoms with Gasteiger partial charge in [0.15, 0.2) is 17.3 Å². The third kappa shape index (κ3) is 3.26. The number of ether oxygens (including phenoxy) is 2. The first kappa shape index (κ1) is 16.2. The predicted octanol–water partition coefficient (Wildman–Crippen LogP) is 3.35. The molecule has 132 valence electrons. The number of amides is 1. The van der Waals surface area contributed by atoms with E-state index in [1.54, 1.807) is 6.07 Å². The summed E-state index contributed by atoms with van der Waals surface area (Å²) in [5.41, 5.74) is 3.08. The smallest absolute Gasteiger partial charge is 0.251 e. The number of rotatable bonds is 4. The van der Waals surface area contributed by atoms with Gasteiger partial charge in [-0.05, 0) is 36.8 Å². The van der Waals surface area contributed by atoms with Crippen LogP contribution in [0.15, 0.2) is 53.1 Å². The minimum atomic E-state index is -0.132. The first-order chi connectivity index (χ1) is 12.7. The van der Waals surface area contributed by atoms with Crippen LogP contribution in [-0.2, 0) is 6.54 Å². The van der Waals surface area contributed by atoms with E-state index in [-0.39, 0.29) is 5.91 Å². The van der Waals surface area contributed by atoms with Gasteiger partial charge in [0.25, 0.3) is 5.91 Å². The van der Waals surface area contributed by atoms with Crippen LogP contribution in [0.25, 0.3) is 11.3 Å². The minimum absolute atomic E-state index is 0.132. The van der Waals surface area contributed by atoms with Crippen molar-refractivity contribution < 1.29 is 18.8 Å². The summed E-state index contributed by atoms with van der Waals surface area (Å²) in [4.78, 5) is 12.3. The molecule has 0 fully saturated rings. The van der Waals surface area contributed by atoms with Crippen molar-refractivity contribution in [3.05, 3.63) is 65.4 Å². The molecule has 1 aliphatic rings. The van der Waals surface area contributed by atoms with Crippen LogP contribution >= 0.6 is 0 Å². The summed E-state index contributed by atoms with van der Waals surface area (Å²) >= 11 is 0. The Balaban J connectivity index is 1.45. The number of aryl methyl sites for hydroxylation is 1. The zero-order valence-corrected chi connectivity index (χ0v) is 14.3. The standard InChI is InChI=1S/C20H18N2O4/c1-13-4-2-3-5-16(13)20(23)21-12-15-11-18(26-22-15)14-6-7-17-19(10-14)25-9-8-24-17/h2-7,10-11H,8-9,12H2,1H3,(H,21,23). The van der Waals surface area contributed by atoms with Gasteiger partial charge < -0.3 is 19.3 Å². The molecule has 0 spiro atoms. The predicted molar refractivity (Wildman–Crippen MR) is 95.3 cm³/mol. The van der Waals surface area contributed by atoms with Crippen molar-refractivity contribution in [3.63, 3.8) is 0 Å². The highest BCUT2D eigenvalue weighted by molar-refractivity contribution is 5.95. The number of nitrogens with zero attached hydrogens (tertiary/aromatic N) is 1. The van der Waals surface area contributed by atoms with Crippen molar-refractivity contribution in [1.82, 2.24) is 10.5 Å². The van der Waals surface area contributed by atoms with Gasteiger partial charge in [0, 0.05) is 17.2 Å². The molecule has 1 N–H and O–H groups in total. The topological polar surface area (TPSA) is 73.6 Å². The summed E-state index contributed by atoms with van der Waals surface area (Å²) in [5.74, 6) is 1.90. The molecule has 6 heteroatoms. The monoisotopic (exact) mass is 350 g/mol. The molecule has 0 atom stereocenters. The summed E-state index contributed by atoms with van der Waals surface area (Å²) in [6, 6.07) is 14.9. The Kier molecular flexibility index (Phi) is 4.31. The average Bonchev–Trinajstić information content (AvgIpc) is 3.15. The zero-order valence-electron chi connectivity index (χ0n) is 14.3. The first-order valence-corrected chi connectivity index (χ1v) is 8.40. The van der Waals surface area contributed by atoms with Gasteiger partial charge in [-0.15, -0.1) is 0 Å². The van der Waals surface area contributed by atoms with Gasteiger partial charge in [-0.2, -0.15) is 0 Å². The van der Waals surface area contributed by atoms with E-state index in [1.165, 1.54) is 0 Å². The van der Waals surface area contributed by atoms with Crippen molar-refractivity contribution in [3.8, 4) is 22.8 Å². The van der Waals surface area contributed by atoms with E-state index in [0.29, 0.717) is 42.5 Å². The third-order valence-electron chi connectivity index (χ3n) is 4.21. The summed E-state index contributed by atoms with van der Waals surface area (Å²) in [5, 5.41) is 6.90. The number of benzene rings is 2. The molecule has 0 saturated heterocycles. The molecule has 6 nitrogen and oxygen atoms in total. The molecular weight excluding hydrogens is 332 g/mol. The van der Waals surface area contributed by atoms with E-state index in [0.717, 1.165) is 16.9 Å². The van der Waals surface area contributed by atoms with Crippen LogP contribution in [0.1, 0.15) is 21.6 Å². The molecule has 0 aliphatic carbocycles. The maximum atomic E-state index is 12.3. The zero-order chi connectivity index (χ0) is 17.9. The van der Waals surface area contributed by atoms with Gasteiger partial charge in [0.2, 0.25) is 0 Å². The summed E-state index contributed by atoms with van der Waals surface area (Å²) in [6.45, 7) is 3.29. The molecule has 0 saturated carbocycles. The normalized spacial score (nSPS) is 12.7. The molecule has 0 bridgehead atoms. The van der Waals surface area contributed by atoms with Crippen LogP contribution in [0, 0.1) is 6.92 Å². The van der Waals surface area contributed by atoms with Crippen LogP contribution in [0.5, 0.6) is 11.5 Å². The molecule has 0 unspecified atom stereocenters. The highest BCUT2D eigenvalue weighted by Gasteiger charge is 2.15. The van der Waals surface area contributed by atoms with Crippen LogP contribution in [-0.4, -0.2) is 24.3 Å². The van der Waals surface area contributed by atoms with Gasteiger partial charge in [-0.3, -0.25) is 4.79 Å². The maximum absolute atomic E-state index is 12.3. The molecule has 26 heavy (non-hydrogen) atoms. The maximum Gasteiger partial charge on any atom is 0.251 e. The van der Waals surface area contributed by atoms with Gasteiger partial charge in [0.05, 0.1) is 6.54 Å². The molecule has 2 heterocycles. The van der Waals surface area contributed by atoms with Gasteiger partial charge in [-0.1, -0.05) is 23.4 Å². The Hall–Kier alpha value is -3.28. The van der Waals surface area contributed by atoms with Crippen molar-refractivity contribution in [2.24, 2.45) is 0 Å². The molecule has 3 aromatic rings. The van der Waals surface area contributed by atoms with Crippen LogP contribution in [0.3, 0.4) is 0 Å². The highest BCUT2D eigenvalue weighted by atomic mass is 16.6. The number of carbonyl (C=O) groups excluding carboxylic acids is 1. The van der Waals surface area contributed by atoms with E-state index in [2.05, 4.69) is 10.5 Å². The first-order valence-electron chi connectivity index (χ1n) is 8.40. The van der Waals surface area contributed by atoms with E-state index in [9.17, 15) is 4.79 Å². The number of fused-ring (bicyclic) bond motifs is 1. The Morgan fingerprint density at radius 2 is 1.88 bits per heavy atom. The number of hydrogen-bond donors (Lipinski definition) is 1. The van der Waals surface area contributed by atoms with E-state index < -0.39 is 0 Å². The number of nitrogens with one attached hydrogen (secondary N) is 1. The molecule has 0 radical (unpaired) electrons. The summed E-state index contributed by atoms with van der Waals surface area (Å²) in [6.07, 6.45) is 0. The van der Waals surface area contributed by atoms with Gasteiger partial charge in [0.1, 0.15) is 18.9 Å². The van der Waals surface area contributed by atoms with Crippen molar-refractivity contribution in [1.29, 1.82) is 0 Å². The molecule has 1 aromatic heterocycles. The second-order valence-corrected chi connectivity index (χ2v) is 6.04. The Bertz CT molecular complexity index is 948. The van der Waals surface area contributed by atoms with Crippen LogP contribution < -0.4 is 14.8 Å². The van der Waals surface area contributed by atoms with Gasteiger partial charge in [-0.25, -0.2) is 0 Å². The van der Waals surface area contributed by atoms with Crippen LogP contribution in [0.2, 0.25) is 0 Å². The lowest BCUT2D eigenvalue weighted by Crippen LogP contribution is -2.23. The lowest BCUT2D eigenvalue weighted by molar-refractivity contribution is 0.0949. The molecule has 2 aromatic carbocycles. The largest absolute Gasteiger partial charge is 0.486 e. The third-order valence-corrected chi connectivity index (χ3v) is 4.21. The van der Waals surface area contributed by atoms with E-state index >= 15 is 0 Å². The molecule has 1 aliphatic heterocycles. The van der Waals surface area contributed by atoms with E-state index in [1.807, 2.05) is 49.4 Å². The highest BCUT2D eigenvalue weighted by Crippen LogP contribution is 2.34. The lowest BCUT2D eigenvalue weighted by atomic mass is 10.1. The Morgan fingerprint density at radius 3 is 2.73 bits per heavy atom. The fraction of sp³-hybridized carbons (Fsp3) is 0.200. The second-order valence-electron chi connectivity index (χ2n) is 6.04. The van der Waals surface area contributed by atoms with Crippen molar-refractivity contribution in [2.45, 2.75) is 13.5 Å². The quantitative estimate of drug-likeness (QED) is 0.781. The Labute approximate surface area is 150 Å². The summed E-state index contributed by atoms with van der Waals surface area (Å²) in [7, 11) is 0. The Morgan fingerprint density at radius 1 is 1.08 bits per heavy atom. The number of carbonyl (C=O) groups is 1. The fourth-order valence-electron chi connectivity index (χ4n) is 2.82. The van der Waals surface area contributed by atoms with Crippen molar-refractivity contribution >= 4 is 5.91 Å². The fourth-order valence-corrected chi connectivity index (χ4v) is 2.82. The summed E-state index contributed by atoms with van der Waals surface area (Å²) < 4.78 is 16.5. The second kappa shape index (κ2) is 6.92. The molecule has 1 amide bonds.